The molecule has 0 spiro atoms. The number of nitrogens with zero attached hydrogens (tertiary/aromatic N) is 1. The summed E-state index contributed by atoms with van der Waals surface area (Å²) in [5.74, 6) is -2.74. The number of hydrogen-bond acceptors (Lipinski definition) is 1. The second-order valence-corrected chi connectivity index (χ2v) is 1.70. The molecule has 0 heterocycles. The van der Waals surface area contributed by atoms with Crippen LogP contribution < -0.4 is 0 Å². The first-order valence-corrected chi connectivity index (χ1v) is 2.30. The molecule has 3 heteroatoms. The average Bonchev–Trinajstić information content (AvgIpc) is 1.62. The van der Waals surface area contributed by atoms with Crippen LogP contribution in [0.2, 0.25) is 0 Å². The van der Waals surface area contributed by atoms with Gasteiger partial charge in [0.05, 0.1) is 5.71 Å². The van der Waals surface area contributed by atoms with E-state index in [-0.39, 0.29) is 5.71 Å². The highest BCUT2D eigenvalue weighted by molar-refractivity contribution is 5.88. The minimum absolute atomic E-state index is 0.127. The van der Waals surface area contributed by atoms with Crippen LogP contribution in [0.15, 0.2) is 4.99 Å². The maximum absolute atomic E-state index is 12.0. The number of halogens is 2. The fraction of sp³-hybridized carbons (Fsp3) is 0.800. The molecule has 0 rings (SSSR count). The molecule has 8 heavy (non-hydrogen) atoms. The Morgan fingerprint density at radius 2 is 1.88 bits per heavy atom. The van der Waals surface area contributed by atoms with E-state index >= 15 is 0 Å². The molecule has 1 nitrogen and oxygen atoms in total. The quantitative estimate of drug-likeness (QED) is 0.468. The van der Waals surface area contributed by atoms with E-state index in [1.165, 1.54) is 14.0 Å². The van der Waals surface area contributed by atoms with Crippen LogP contribution in [0.5, 0.6) is 0 Å². The minimum Gasteiger partial charge on any atom is -0.292 e. The summed E-state index contributed by atoms with van der Waals surface area (Å²) in [6, 6.07) is 0. The molecule has 0 N–H and O–H groups in total. The molecular formula is C5H9F2N. The van der Waals surface area contributed by atoms with Crippen LogP contribution in [0.3, 0.4) is 0 Å². The predicted molar refractivity (Wildman–Crippen MR) is 29.7 cm³/mol. The third-order valence-corrected chi connectivity index (χ3v) is 0.971. The van der Waals surface area contributed by atoms with Gasteiger partial charge in [-0.15, -0.1) is 0 Å². The molecule has 0 aliphatic carbocycles. The van der Waals surface area contributed by atoms with Crippen molar-refractivity contribution < 1.29 is 8.78 Å². The average molecular weight is 121 g/mol. The summed E-state index contributed by atoms with van der Waals surface area (Å²) < 4.78 is 24.0. The zero-order valence-corrected chi connectivity index (χ0v) is 5.20. The zero-order valence-electron chi connectivity index (χ0n) is 5.20. The molecule has 0 fully saturated rings. The van der Waals surface area contributed by atoms with Gasteiger partial charge in [-0.3, -0.25) is 4.99 Å². The van der Waals surface area contributed by atoms with E-state index in [1.807, 2.05) is 0 Å². The van der Waals surface area contributed by atoms with Crippen molar-refractivity contribution in [1.29, 1.82) is 0 Å². The van der Waals surface area contributed by atoms with Crippen molar-refractivity contribution >= 4 is 5.71 Å². The summed E-state index contributed by atoms with van der Waals surface area (Å²) in [6.07, 6.45) is 0. The van der Waals surface area contributed by atoms with Crippen molar-refractivity contribution in [1.82, 2.24) is 0 Å². The van der Waals surface area contributed by atoms with Crippen LogP contribution in [0.4, 0.5) is 8.78 Å². The topological polar surface area (TPSA) is 12.4 Å². The molecule has 48 valence electrons. The van der Waals surface area contributed by atoms with Crippen LogP contribution in [-0.4, -0.2) is 18.7 Å². The molecule has 0 atom stereocenters. The van der Waals surface area contributed by atoms with E-state index < -0.39 is 5.92 Å². The third kappa shape index (κ3) is 2.00. The van der Waals surface area contributed by atoms with Gasteiger partial charge in [0, 0.05) is 14.0 Å². The van der Waals surface area contributed by atoms with Crippen LogP contribution in [0.1, 0.15) is 13.8 Å². The van der Waals surface area contributed by atoms with Crippen LogP contribution in [0, 0.1) is 0 Å². The monoisotopic (exact) mass is 121 g/mol. The maximum Gasteiger partial charge on any atom is 0.282 e. The van der Waals surface area contributed by atoms with E-state index in [4.69, 9.17) is 0 Å². The molecule has 0 aromatic heterocycles. The van der Waals surface area contributed by atoms with Crippen molar-refractivity contribution in [2.24, 2.45) is 4.99 Å². The Balaban J connectivity index is 4.03. The second-order valence-electron chi connectivity index (χ2n) is 1.70. The zero-order chi connectivity index (χ0) is 6.78. The number of aliphatic imine (C=N–C) groups is 1. The second kappa shape index (κ2) is 2.20. The fourth-order valence-corrected chi connectivity index (χ4v) is 0.196. The summed E-state index contributed by atoms with van der Waals surface area (Å²) >= 11 is 0. The van der Waals surface area contributed by atoms with Gasteiger partial charge in [-0.05, 0) is 6.92 Å². The SMILES string of the molecule is CN=C(C)C(C)(F)F. The van der Waals surface area contributed by atoms with Crippen LogP contribution in [0.25, 0.3) is 0 Å². The molecule has 0 aliphatic heterocycles. The van der Waals surface area contributed by atoms with Gasteiger partial charge in [0.15, 0.2) is 0 Å². The number of hydrogen-bond donors (Lipinski definition) is 0. The molecule has 0 aromatic carbocycles. The van der Waals surface area contributed by atoms with Crippen molar-refractivity contribution in [3.8, 4) is 0 Å². The summed E-state index contributed by atoms with van der Waals surface area (Å²) in [5, 5.41) is 0. The Labute approximate surface area is 47.4 Å². The molecule has 0 bridgehead atoms. The van der Waals surface area contributed by atoms with E-state index in [2.05, 4.69) is 4.99 Å². The van der Waals surface area contributed by atoms with Crippen molar-refractivity contribution in [2.75, 3.05) is 7.05 Å². The highest BCUT2D eigenvalue weighted by atomic mass is 19.3. The first-order chi connectivity index (χ1) is 3.48. The van der Waals surface area contributed by atoms with Gasteiger partial charge in [-0.25, -0.2) is 8.78 Å². The van der Waals surface area contributed by atoms with Gasteiger partial charge < -0.3 is 0 Å². The summed E-state index contributed by atoms with van der Waals surface area (Å²) in [6.45, 7) is 2.13. The normalized spacial score (nSPS) is 14.4. The van der Waals surface area contributed by atoms with Gasteiger partial charge >= 0.3 is 0 Å². The van der Waals surface area contributed by atoms with Crippen molar-refractivity contribution in [2.45, 2.75) is 19.8 Å². The molecule has 0 aliphatic rings. The molecule has 0 saturated heterocycles. The summed E-state index contributed by atoms with van der Waals surface area (Å²) in [5.41, 5.74) is -0.127. The first-order valence-electron chi connectivity index (χ1n) is 2.30. The van der Waals surface area contributed by atoms with E-state index in [0.29, 0.717) is 0 Å². The molecular weight excluding hydrogens is 112 g/mol. The maximum atomic E-state index is 12.0. The highest BCUT2D eigenvalue weighted by Crippen LogP contribution is 2.12. The van der Waals surface area contributed by atoms with E-state index in [0.717, 1.165) is 6.92 Å². The third-order valence-electron chi connectivity index (χ3n) is 0.971. The highest BCUT2D eigenvalue weighted by Gasteiger charge is 2.24. The van der Waals surface area contributed by atoms with Gasteiger partial charge in [-0.2, -0.15) is 0 Å². The van der Waals surface area contributed by atoms with Crippen molar-refractivity contribution in [3.05, 3.63) is 0 Å². The Morgan fingerprint density at radius 3 is 1.88 bits per heavy atom. The van der Waals surface area contributed by atoms with Gasteiger partial charge in [0.2, 0.25) is 0 Å². The molecule has 0 saturated carbocycles. The van der Waals surface area contributed by atoms with Gasteiger partial charge in [0.25, 0.3) is 5.92 Å². The fourth-order valence-electron chi connectivity index (χ4n) is 0.196. The lowest BCUT2D eigenvalue weighted by Gasteiger charge is -2.06. The minimum atomic E-state index is -2.74. The molecule has 0 radical (unpaired) electrons. The van der Waals surface area contributed by atoms with Crippen LogP contribution >= 0.6 is 0 Å². The van der Waals surface area contributed by atoms with Crippen molar-refractivity contribution in [3.63, 3.8) is 0 Å². The predicted octanol–water partition coefficient (Wildman–Crippen LogP) is 1.73. The molecule has 0 aromatic rings. The standard InChI is InChI=1S/C5H9F2N/c1-4(8-3)5(2,6)7/h1-3H3. The number of alkyl halides is 2. The van der Waals surface area contributed by atoms with E-state index in [9.17, 15) is 8.78 Å². The largest absolute Gasteiger partial charge is 0.292 e. The molecule has 0 unspecified atom stereocenters. The Hall–Kier alpha value is -0.470. The summed E-state index contributed by atoms with van der Waals surface area (Å²) in [7, 11) is 1.35. The van der Waals surface area contributed by atoms with Gasteiger partial charge in [-0.1, -0.05) is 0 Å². The Bertz CT molecular complexity index is 101. The first kappa shape index (κ1) is 7.53. The van der Waals surface area contributed by atoms with Crippen LogP contribution in [-0.2, 0) is 0 Å². The summed E-state index contributed by atoms with van der Waals surface area (Å²) in [4.78, 5) is 3.33. The smallest absolute Gasteiger partial charge is 0.282 e. The number of rotatable bonds is 1. The molecule has 0 amide bonds. The lowest BCUT2D eigenvalue weighted by molar-refractivity contribution is 0.0997. The lowest BCUT2D eigenvalue weighted by Crippen LogP contribution is -2.20. The van der Waals surface area contributed by atoms with E-state index in [1.54, 1.807) is 0 Å². The Morgan fingerprint density at radius 1 is 1.50 bits per heavy atom. The van der Waals surface area contributed by atoms with Gasteiger partial charge in [0.1, 0.15) is 0 Å². The lowest BCUT2D eigenvalue weighted by atomic mass is 10.3. The Kier molecular flexibility index (Phi) is 2.07.